The SMILES string of the molecule is [B]B([B])B(B([B])[B])B(B(B([B])[B])B([B])[B])B(B([B])[B][BH])B(B([B])[B])B([B])[BH]. The molecule has 0 aliphatic carbocycles. The lowest BCUT2D eigenvalue weighted by molar-refractivity contribution is 3.27. The van der Waals surface area contributed by atoms with Gasteiger partial charge in [-0.3, -0.25) is 0 Å². The highest BCUT2D eigenvalue weighted by molar-refractivity contribution is 8.25. The third-order valence-electron chi connectivity index (χ3n) is 5.21. The van der Waals surface area contributed by atoms with Crippen LogP contribution in [-0.2, 0) is 0 Å². The first-order valence-electron chi connectivity index (χ1n) is 8.82. The van der Waals surface area contributed by atoms with Crippen molar-refractivity contribution in [1.29, 1.82) is 0 Å². The van der Waals surface area contributed by atoms with Gasteiger partial charge in [0.05, 0.1) is 0 Å². The molecular formula is H2B27. The lowest BCUT2D eigenvalue weighted by Crippen LogP contribution is -2.86. The van der Waals surface area contributed by atoms with E-state index in [1.165, 1.54) is 7.06 Å². The Morgan fingerprint density at radius 2 is 0.741 bits per heavy atom. The van der Waals surface area contributed by atoms with E-state index in [-0.39, 0.29) is 0 Å². The van der Waals surface area contributed by atoms with E-state index in [0.29, 0.717) is 0 Å². The molecule has 0 aliphatic heterocycles. The highest BCUT2D eigenvalue weighted by atomic mass is 13.3. The summed E-state index contributed by atoms with van der Waals surface area (Å²) in [6.45, 7) is 0. The monoisotopic (exact) mass is 299 g/mol. The van der Waals surface area contributed by atoms with Gasteiger partial charge in [-0.2, -0.15) is 0 Å². The molecular weight excluding hydrogens is 292 g/mol. The minimum atomic E-state index is -0.954. The Morgan fingerprint density at radius 3 is 0.926 bits per heavy atom. The van der Waals surface area contributed by atoms with E-state index in [0.717, 1.165) is 0 Å². The summed E-state index contributed by atoms with van der Waals surface area (Å²) in [5.74, 6) is 0. The molecule has 0 amide bonds. The third-order valence-corrected chi connectivity index (χ3v) is 5.21. The van der Waals surface area contributed by atoms with Crippen LogP contribution in [0.1, 0.15) is 0 Å². The van der Waals surface area contributed by atoms with Crippen molar-refractivity contribution >= 4 is 192 Å². The number of rotatable bonds is 12. The highest BCUT2D eigenvalue weighted by Gasteiger charge is 2.50. The fraction of sp³-hybridized carbons (Fsp3) is 0. The fourth-order valence-electron chi connectivity index (χ4n) is 4.06. The topological polar surface area (TPSA) is 0 Å². The summed E-state index contributed by atoms with van der Waals surface area (Å²) in [6.07, 6.45) is -9.38. The average Bonchev–Trinajstić information content (AvgIpc) is 2.48. The van der Waals surface area contributed by atoms with Crippen LogP contribution in [0.4, 0.5) is 0 Å². The molecule has 0 rings (SSSR count). The molecule has 27 heavy (non-hydrogen) atoms. The van der Waals surface area contributed by atoms with Crippen LogP contribution in [0.15, 0.2) is 0 Å². The van der Waals surface area contributed by atoms with Crippen molar-refractivity contribution in [1.82, 2.24) is 0 Å². The van der Waals surface area contributed by atoms with Crippen LogP contribution in [0, 0.1) is 0 Å². The maximum absolute atomic E-state index is 6.33. The Kier molecular flexibility index (Phi) is 14.1. The lowest BCUT2D eigenvalue weighted by atomic mass is 8.33. The Morgan fingerprint density at radius 1 is 0.444 bits per heavy atom. The summed E-state index contributed by atoms with van der Waals surface area (Å²) in [7, 11) is 81.4. The van der Waals surface area contributed by atoms with E-state index in [9.17, 15) is 0 Å². The van der Waals surface area contributed by atoms with E-state index in [1.54, 1.807) is 0 Å². The molecule has 0 saturated heterocycles. The van der Waals surface area contributed by atoms with Crippen molar-refractivity contribution in [3.05, 3.63) is 0 Å². The van der Waals surface area contributed by atoms with E-state index in [4.69, 9.17) is 92.8 Å². The van der Waals surface area contributed by atoms with Crippen molar-refractivity contribution in [2.45, 2.75) is 0 Å². The molecule has 0 aromatic carbocycles. The van der Waals surface area contributed by atoms with E-state index < -0.39 is 76.6 Å². The molecule has 0 fully saturated rings. The predicted molar refractivity (Wildman–Crippen MR) is 158 cm³/mol. The Labute approximate surface area is 191 Å². The smallest absolute Gasteiger partial charge is 0.0000000000000235 e. The third kappa shape index (κ3) is 8.07. The Hall–Kier alpha value is 1.75. The van der Waals surface area contributed by atoms with Crippen molar-refractivity contribution < 1.29 is 0 Å². The van der Waals surface area contributed by atoms with Crippen molar-refractivity contribution in [2.24, 2.45) is 0 Å². The summed E-state index contributed by atoms with van der Waals surface area (Å²) in [6, 6.07) is 0. The lowest BCUT2D eigenvalue weighted by Gasteiger charge is -2.48. The normalized spacial score (nSPS) is 9.33. The van der Waals surface area contributed by atoms with Crippen molar-refractivity contribution in [3.63, 3.8) is 0 Å². The summed E-state index contributed by atoms with van der Waals surface area (Å²) in [5, 5.41) is 0. The number of hydrogen-bond donors (Lipinski definition) is 0. The molecule has 0 bridgehead atoms. The Bertz CT molecular complexity index is 329. The maximum atomic E-state index is 6.33. The molecule has 0 aliphatic rings. The zero-order valence-corrected chi connectivity index (χ0v) is 15.8. The molecule has 0 unspecified atom stereocenters. The molecule has 0 aromatic rings. The minimum Gasteiger partial charge on any atom is 0.0000000000000235 e. The van der Waals surface area contributed by atoms with Gasteiger partial charge in [0.25, 0.3) is 0 Å². The second kappa shape index (κ2) is 13.2. The summed E-state index contributed by atoms with van der Waals surface area (Å²) < 4.78 is 0. The summed E-state index contributed by atoms with van der Waals surface area (Å²) in [4.78, 5) is 0. The molecule has 27 radical (unpaired) electrons. The summed E-state index contributed by atoms with van der Waals surface area (Å²) >= 11 is 0. The largest absolute Gasteiger partial charge is 0.0322 e. The van der Waals surface area contributed by atoms with Gasteiger partial charge in [0.1, 0.15) is 0 Å². The minimum absolute atomic E-state index is 0.599. The van der Waals surface area contributed by atoms with Gasteiger partial charge in [-0.25, -0.2) is 0 Å². The van der Waals surface area contributed by atoms with Crippen LogP contribution in [0.5, 0.6) is 0 Å². The molecule has 0 atom stereocenters. The fourth-order valence-corrected chi connectivity index (χ4v) is 4.06. The zero-order valence-electron chi connectivity index (χ0n) is 15.8. The molecule has 0 saturated carbocycles. The van der Waals surface area contributed by atoms with Gasteiger partial charge in [-0.15, -0.1) is 0 Å². The second-order valence-corrected chi connectivity index (χ2v) is 7.25. The maximum Gasteiger partial charge on any atom is 0.0322 e. The highest BCUT2D eigenvalue weighted by Crippen LogP contribution is 2.12. The molecule has 83 valence electrons. The van der Waals surface area contributed by atoms with Gasteiger partial charge in [-0.05, 0) is 0 Å². The van der Waals surface area contributed by atoms with E-state index >= 15 is 0 Å². The van der Waals surface area contributed by atoms with Crippen LogP contribution in [0.25, 0.3) is 0 Å². The molecule has 0 aromatic heterocycles. The van der Waals surface area contributed by atoms with Gasteiger partial charge in [0.2, 0.25) is 0 Å². The molecule has 0 spiro atoms. The number of hydrogen-bond acceptors (Lipinski definition) is 0. The van der Waals surface area contributed by atoms with Crippen LogP contribution < -0.4 is 0 Å². The van der Waals surface area contributed by atoms with Gasteiger partial charge in [0.15, 0.2) is 0 Å². The predicted octanol–water partition coefficient (Wildman–Crippen LogP) is -10.8. The zero-order chi connectivity index (χ0) is 21.6. The first-order chi connectivity index (χ1) is 12.3. The summed E-state index contributed by atoms with van der Waals surface area (Å²) in [5.41, 5.74) is 0. The molecule has 0 N–H and O–H groups in total. The van der Waals surface area contributed by atoms with Crippen molar-refractivity contribution in [3.8, 4) is 0 Å². The Balaban J connectivity index is 6.66. The molecule has 0 nitrogen and oxygen atoms in total. The first-order valence-corrected chi connectivity index (χ1v) is 8.82. The standard InChI is InChI=1S/B27H2/c1-15-22(14)26(23(16(2)3)17(4)5)27(24(18(6)7)19(8)9)25(20(10)11)21(12)13/h1-2H. The van der Waals surface area contributed by atoms with Gasteiger partial charge < -0.3 is 0 Å². The molecule has 27 heteroatoms. The van der Waals surface area contributed by atoms with E-state index in [2.05, 4.69) is 15.5 Å². The van der Waals surface area contributed by atoms with Crippen LogP contribution in [0.2, 0.25) is 0 Å². The van der Waals surface area contributed by atoms with E-state index in [1.807, 2.05) is 0 Å². The van der Waals surface area contributed by atoms with Crippen LogP contribution in [0.3, 0.4) is 0 Å². The average molecular weight is 294 g/mol. The van der Waals surface area contributed by atoms with Gasteiger partial charge in [-0.1, -0.05) is 0 Å². The van der Waals surface area contributed by atoms with Crippen molar-refractivity contribution in [2.75, 3.05) is 0 Å². The second-order valence-electron chi connectivity index (χ2n) is 7.25. The van der Waals surface area contributed by atoms with Crippen LogP contribution in [-0.4, -0.2) is 192 Å². The quantitative estimate of drug-likeness (QED) is 0.314. The van der Waals surface area contributed by atoms with Gasteiger partial charge in [0, 0.05) is 192 Å². The molecule has 0 heterocycles. The van der Waals surface area contributed by atoms with Gasteiger partial charge >= 0.3 is 0 Å². The van der Waals surface area contributed by atoms with Crippen LogP contribution >= 0.6 is 0 Å². The first kappa shape index (κ1) is 28.8.